The summed E-state index contributed by atoms with van der Waals surface area (Å²) >= 11 is 0. The molecule has 0 rings (SSSR count). The summed E-state index contributed by atoms with van der Waals surface area (Å²) in [5.74, 6) is -0.841. The molecule has 2 amide bonds. The number of carbonyl (C=O) groups is 2. The minimum Gasteiger partial charge on any atom is -0.396 e. The molecular weight excluding hydrogens is 324 g/mol. The van der Waals surface area contributed by atoms with E-state index in [0.717, 1.165) is 31.3 Å². The number of hydrogen-bond donors (Lipinski definition) is 5. The van der Waals surface area contributed by atoms with Gasteiger partial charge in [0.15, 0.2) is 0 Å². The summed E-state index contributed by atoms with van der Waals surface area (Å²) in [6, 6.07) is 0. The van der Waals surface area contributed by atoms with Crippen LogP contribution in [0.5, 0.6) is 0 Å². The average molecular weight is 358 g/mol. The molecule has 0 fully saturated rings. The lowest BCUT2D eigenvalue weighted by Gasteiger charge is -2.24. The van der Waals surface area contributed by atoms with Gasteiger partial charge in [0.2, 0.25) is 11.8 Å². The normalized spacial score (nSPS) is 13.3. The first-order valence-corrected chi connectivity index (χ1v) is 9.12. The lowest BCUT2D eigenvalue weighted by molar-refractivity contribution is -0.124. The van der Waals surface area contributed by atoms with Crippen LogP contribution in [0, 0.1) is 5.92 Å². The molecule has 6 N–H and O–H groups in total. The first kappa shape index (κ1) is 23.6. The zero-order valence-corrected chi connectivity index (χ0v) is 15.3. The Morgan fingerprint density at radius 3 is 2.12 bits per heavy atom. The summed E-state index contributed by atoms with van der Waals surface area (Å²) in [6.45, 7) is 1.92. The summed E-state index contributed by atoms with van der Waals surface area (Å²) < 4.78 is 0. The highest BCUT2D eigenvalue weighted by molar-refractivity contribution is 5.83. The van der Waals surface area contributed by atoms with Crippen LogP contribution >= 0.6 is 0 Å². The molecular formula is C18H34N2O5. The van der Waals surface area contributed by atoms with Crippen molar-refractivity contribution in [3.05, 3.63) is 11.3 Å². The number of aliphatic hydroxyl groups excluding tert-OH is 3. The molecule has 0 radical (unpaired) electrons. The number of nitrogens with one attached hydrogen (secondary N) is 1. The van der Waals surface area contributed by atoms with Gasteiger partial charge in [0, 0.05) is 44.8 Å². The second kappa shape index (κ2) is 14.9. The van der Waals surface area contributed by atoms with Crippen LogP contribution in [0.4, 0.5) is 0 Å². The number of amides is 2. The van der Waals surface area contributed by atoms with E-state index in [1.54, 1.807) is 0 Å². The van der Waals surface area contributed by atoms with Crippen molar-refractivity contribution in [1.29, 1.82) is 0 Å². The van der Waals surface area contributed by atoms with Crippen molar-refractivity contribution < 1.29 is 24.9 Å². The molecule has 0 aromatic carbocycles. The molecule has 7 heteroatoms. The summed E-state index contributed by atoms with van der Waals surface area (Å²) in [5, 5.41) is 30.9. The van der Waals surface area contributed by atoms with E-state index in [1.165, 1.54) is 0 Å². The molecule has 0 spiro atoms. The molecule has 7 nitrogen and oxygen atoms in total. The molecule has 0 saturated heterocycles. The molecule has 1 atom stereocenters. The fourth-order valence-corrected chi connectivity index (χ4v) is 2.89. The van der Waals surface area contributed by atoms with Crippen molar-refractivity contribution in [2.24, 2.45) is 11.7 Å². The Bertz CT molecular complexity index is 424. The molecule has 1 unspecified atom stereocenters. The highest BCUT2D eigenvalue weighted by atomic mass is 16.3. The molecule has 0 aromatic rings. The van der Waals surface area contributed by atoms with Gasteiger partial charge in [0.1, 0.15) is 0 Å². The molecule has 0 aliphatic heterocycles. The Hall–Kier alpha value is -1.44. The van der Waals surface area contributed by atoms with E-state index >= 15 is 0 Å². The molecule has 0 aliphatic rings. The largest absolute Gasteiger partial charge is 0.396 e. The molecule has 0 bridgehead atoms. The lowest BCUT2D eigenvalue weighted by Crippen LogP contribution is -2.28. The standard InChI is InChI=1S/C18H34N2O5/c1-2-3-4-5-14(8-11-21)15(9-12-22)16(10-13-23)20-18(25)7-6-17(19)24/h14,21-23H,2-13H2,1H3,(H2,19,24)(H,20,25). The van der Waals surface area contributed by atoms with Gasteiger partial charge in [0.05, 0.1) is 0 Å². The molecule has 146 valence electrons. The minimum absolute atomic E-state index is 0.0167. The lowest BCUT2D eigenvalue weighted by atomic mass is 9.86. The third-order valence-electron chi connectivity index (χ3n) is 4.15. The van der Waals surface area contributed by atoms with Gasteiger partial charge >= 0.3 is 0 Å². The van der Waals surface area contributed by atoms with Gasteiger partial charge in [-0.15, -0.1) is 0 Å². The van der Waals surface area contributed by atoms with Crippen LogP contribution in [0.1, 0.15) is 64.7 Å². The topological polar surface area (TPSA) is 133 Å². The number of unbranched alkanes of at least 4 members (excludes halogenated alkanes) is 2. The Morgan fingerprint density at radius 2 is 1.60 bits per heavy atom. The highest BCUT2D eigenvalue weighted by Crippen LogP contribution is 2.28. The number of rotatable bonds is 15. The van der Waals surface area contributed by atoms with E-state index in [9.17, 15) is 24.9 Å². The third-order valence-corrected chi connectivity index (χ3v) is 4.15. The van der Waals surface area contributed by atoms with Crippen LogP contribution in [0.15, 0.2) is 11.3 Å². The predicted molar refractivity (Wildman–Crippen MR) is 96.3 cm³/mol. The maximum Gasteiger partial charge on any atom is 0.224 e. The number of primary amides is 1. The van der Waals surface area contributed by atoms with Gasteiger partial charge in [-0.25, -0.2) is 0 Å². The molecule has 0 saturated carbocycles. The Balaban J connectivity index is 5.32. The van der Waals surface area contributed by atoms with E-state index in [4.69, 9.17) is 5.73 Å². The summed E-state index contributed by atoms with van der Waals surface area (Å²) in [5.41, 5.74) is 6.52. The van der Waals surface area contributed by atoms with E-state index in [2.05, 4.69) is 12.2 Å². The zero-order chi connectivity index (χ0) is 19.1. The second-order valence-corrected chi connectivity index (χ2v) is 6.17. The van der Waals surface area contributed by atoms with Crippen molar-refractivity contribution in [1.82, 2.24) is 5.32 Å². The first-order valence-electron chi connectivity index (χ1n) is 9.12. The summed E-state index contributed by atoms with van der Waals surface area (Å²) in [6.07, 6.45) is 5.14. The van der Waals surface area contributed by atoms with Gasteiger partial charge in [-0.1, -0.05) is 26.2 Å². The maximum atomic E-state index is 12.0. The van der Waals surface area contributed by atoms with Crippen molar-refractivity contribution >= 4 is 11.8 Å². The number of nitrogens with two attached hydrogens (primary N) is 1. The monoisotopic (exact) mass is 358 g/mol. The predicted octanol–water partition coefficient (Wildman–Crippen LogP) is 0.966. The van der Waals surface area contributed by atoms with Crippen molar-refractivity contribution in [2.75, 3.05) is 19.8 Å². The minimum atomic E-state index is -0.545. The van der Waals surface area contributed by atoms with Crippen LogP contribution in [0.3, 0.4) is 0 Å². The van der Waals surface area contributed by atoms with Crippen LogP contribution in [0.2, 0.25) is 0 Å². The number of hydrogen-bond acceptors (Lipinski definition) is 5. The van der Waals surface area contributed by atoms with E-state index in [0.29, 0.717) is 18.5 Å². The third kappa shape index (κ3) is 10.9. The Kier molecular flexibility index (Phi) is 14.0. The van der Waals surface area contributed by atoms with E-state index in [1.807, 2.05) is 0 Å². The zero-order valence-electron chi connectivity index (χ0n) is 15.3. The van der Waals surface area contributed by atoms with Gasteiger partial charge in [-0.05, 0) is 30.8 Å². The smallest absolute Gasteiger partial charge is 0.224 e. The second-order valence-electron chi connectivity index (χ2n) is 6.17. The molecule has 0 heterocycles. The Labute approximate surface area is 150 Å². The van der Waals surface area contributed by atoms with Crippen molar-refractivity contribution in [3.63, 3.8) is 0 Å². The van der Waals surface area contributed by atoms with Crippen LogP contribution in [-0.2, 0) is 9.59 Å². The average Bonchev–Trinajstić information content (AvgIpc) is 2.57. The van der Waals surface area contributed by atoms with Gasteiger partial charge < -0.3 is 26.4 Å². The fourth-order valence-electron chi connectivity index (χ4n) is 2.89. The van der Waals surface area contributed by atoms with Crippen LogP contribution in [0.25, 0.3) is 0 Å². The highest BCUT2D eigenvalue weighted by Gasteiger charge is 2.19. The van der Waals surface area contributed by atoms with Gasteiger partial charge in [-0.3, -0.25) is 9.59 Å². The maximum absolute atomic E-state index is 12.0. The summed E-state index contributed by atoms with van der Waals surface area (Å²) in [4.78, 5) is 22.9. The van der Waals surface area contributed by atoms with Crippen molar-refractivity contribution in [3.8, 4) is 0 Å². The number of aliphatic hydroxyl groups is 3. The molecule has 0 aliphatic carbocycles. The summed E-state index contributed by atoms with van der Waals surface area (Å²) in [7, 11) is 0. The van der Waals surface area contributed by atoms with Gasteiger partial charge in [0.25, 0.3) is 0 Å². The fraction of sp³-hybridized carbons (Fsp3) is 0.778. The number of carbonyl (C=O) groups excluding carboxylic acids is 2. The van der Waals surface area contributed by atoms with Gasteiger partial charge in [-0.2, -0.15) is 0 Å². The van der Waals surface area contributed by atoms with Crippen LogP contribution < -0.4 is 11.1 Å². The SMILES string of the molecule is CCCCCC(CCO)C(CCO)=C(CCO)NC(=O)CCC(N)=O. The first-order chi connectivity index (χ1) is 12.0. The molecule has 25 heavy (non-hydrogen) atoms. The molecule has 0 aromatic heterocycles. The van der Waals surface area contributed by atoms with Crippen LogP contribution in [-0.4, -0.2) is 47.0 Å². The van der Waals surface area contributed by atoms with E-state index < -0.39 is 5.91 Å². The Morgan fingerprint density at radius 1 is 0.920 bits per heavy atom. The van der Waals surface area contributed by atoms with E-state index in [-0.39, 0.29) is 50.9 Å². The van der Waals surface area contributed by atoms with Crippen molar-refractivity contribution in [2.45, 2.75) is 64.7 Å². The quantitative estimate of drug-likeness (QED) is 0.278.